The molecule has 1 atom stereocenters. The van der Waals surface area contributed by atoms with Crippen molar-refractivity contribution < 1.29 is 33.5 Å². The van der Waals surface area contributed by atoms with Crippen LogP contribution in [0.2, 0.25) is 0 Å². The van der Waals surface area contributed by atoms with Gasteiger partial charge in [-0.1, -0.05) is 0 Å². The predicted molar refractivity (Wildman–Crippen MR) is 59.2 cm³/mol. The maximum Gasteiger partial charge on any atom is 0.336 e. The summed E-state index contributed by atoms with van der Waals surface area (Å²) in [5.74, 6) is -2.54. The van der Waals surface area contributed by atoms with Crippen molar-refractivity contribution in [1.29, 1.82) is 0 Å². The van der Waals surface area contributed by atoms with Crippen molar-refractivity contribution in [3.63, 3.8) is 0 Å². The molecule has 0 spiro atoms. The molecule has 1 rings (SSSR count). The van der Waals surface area contributed by atoms with Gasteiger partial charge in [-0.2, -0.15) is 0 Å². The molecule has 8 heteroatoms. The molecule has 0 radical (unpaired) electrons. The van der Waals surface area contributed by atoms with Gasteiger partial charge < -0.3 is 14.3 Å². The second-order valence-electron chi connectivity index (χ2n) is 3.98. The normalized spacial score (nSPS) is 16.4. The minimum Gasteiger partial charge on any atom is -0.460 e. The topological polar surface area (TPSA) is 99.2 Å². The van der Waals surface area contributed by atoms with Gasteiger partial charge in [-0.3, -0.25) is 9.59 Å². The van der Waals surface area contributed by atoms with Gasteiger partial charge in [0.1, 0.15) is 12.7 Å². The highest BCUT2D eigenvalue weighted by Gasteiger charge is 2.33. The van der Waals surface area contributed by atoms with Crippen LogP contribution in [0, 0.1) is 0 Å². The molecule has 2 amide bonds. The number of hydrogen-bond acceptors (Lipinski definition) is 7. The SMILES string of the molecule is COCC(=O)OC(C)CC(=O)ON1C(=O)CCC1=O. The minimum absolute atomic E-state index is 0.0322. The molecule has 1 aliphatic rings. The highest BCUT2D eigenvalue weighted by atomic mass is 16.7. The number of carbonyl (C=O) groups is 4. The number of hydrogen-bond donors (Lipinski definition) is 0. The first kappa shape index (κ1) is 15.1. The van der Waals surface area contributed by atoms with Crippen LogP contribution in [0.3, 0.4) is 0 Å². The van der Waals surface area contributed by atoms with Crippen molar-refractivity contribution in [2.75, 3.05) is 13.7 Å². The summed E-state index contributed by atoms with van der Waals surface area (Å²) in [6.07, 6.45) is -0.926. The molecule has 0 bridgehead atoms. The molecule has 0 aliphatic carbocycles. The summed E-state index contributed by atoms with van der Waals surface area (Å²) in [5.41, 5.74) is 0. The van der Waals surface area contributed by atoms with Crippen molar-refractivity contribution in [3.8, 4) is 0 Å². The van der Waals surface area contributed by atoms with Gasteiger partial charge in [0.25, 0.3) is 11.8 Å². The van der Waals surface area contributed by atoms with Crippen molar-refractivity contribution in [2.45, 2.75) is 32.3 Å². The maximum atomic E-state index is 11.4. The van der Waals surface area contributed by atoms with Crippen molar-refractivity contribution in [2.24, 2.45) is 0 Å². The van der Waals surface area contributed by atoms with E-state index in [2.05, 4.69) is 9.57 Å². The van der Waals surface area contributed by atoms with Crippen LogP contribution in [-0.4, -0.2) is 48.6 Å². The first-order valence-electron chi connectivity index (χ1n) is 5.69. The monoisotopic (exact) mass is 273 g/mol. The van der Waals surface area contributed by atoms with Gasteiger partial charge >= 0.3 is 11.9 Å². The number of imide groups is 1. The Labute approximate surface area is 109 Å². The summed E-state index contributed by atoms with van der Waals surface area (Å²) in [6.45, 7) is 1.27. The number of carbonyl (C=O) groups excluding carboxylic acids is 4. The number of amides is 2. The highest BCUT2D eigenvalue weighted by Crippen LogP contribution is 2.13. The number of rotatable bonds is 6. The number of methoxy groups -OCH3 is 1. The lowest BCUT2D eigenvalue weighted by atomic mass is 10.3. The molecule has 0 N–H and O–H groups in total. The summed E-state index contributed by atoms with van der Waals surface area (Å²) >= 11 is 0. The number of esters is 1. The molecule has 0 aromatic heterocycles. The van der Waals surface area contributed by atoms with E-state index in [0.717, 1.165) is 0 Å². The summed E-state index contributed by atoms with van der Waals surface area (Å²) < 4.78 is 9.38. The molecule has 19 heavy (non-hydrogen) atoms. The Morgan fingerprint density at radius 1 is 1.21 bits per heavy atom. The van der Waals surface area contributed by atoms with Gasteiger partial charge in [-0.25, -0.2) is 9.59 Å². The second-order valence-corrected chi connectivity index (χ2v) is 3.98. The number of ether oxygens (including phenoxy) is 2. The van der Waals surface area contributed by atoms with E-state index in [9.17, 15) is 19.2 Å². The fourth-order valence-corrected chi connectivity index (χ4v) is 1.45. The zero-order chi connectivity index (χ0) is 14.4. The van der Waals surface area contributed by atoms with Crippen molar-refractivity contribution in [1.82, 2.24) is 5.06 Å². The van der Waals surface area contributed by atoms with Crippen molar-refractivity contribution in [3.05, 3.63) is 0 Å². The Morgan fingerprint density at radius 2 is 1.79 bits per heavy atom. The van der Waals surface area contributed by atoms with E-state index in [0.29, 0.717) is 5.06 Å². The lowest BCUT2D eigenvalue weighted by molar-refractivity contribution is -0.199. The van der Waals surface area contributed by atoms with Crippen molar-refractivity contribution >= 4 is 23.8 Å². The molecule has 1 unspecified atom stereocenters. The Hall–Kier alpha value is -1.96. The Bertz CT molecular complexity index is 377. The van der Waals surface area contributed by atoms with Gasteiger partial charge in [0.05, 0.1) is 6.42 Å². The largest absolute Gasteiger partial charge is 0.460 e. The zero-order valence-corrected chi connectivity index (χ0v) is 10.7. The number of nitrogens with zero attached hydrogens (tertiary/aromatic N) is 1. The summed E-state index contributed by atoms with van der Waals surface area (Å²) in [5, 5.41) is 0.450. The molecule has 1 heterocycles. The lowest BCUT2D eigenvalue weighted by Crippen LogP contribution is -2.33. The molecule has 0 saturated carbocycles. The van der Waals surface area contributed by atoms with E-state index in [-0.39, 0.29) is 25.9 Å². The average molecular weight is 273 g/mol. The van der Waals surface area contributed by atoms with Gasteiger partial charge in [0, 0.05) is 20.0 Å². The van der Waals surface area contributed by atoms with Crippen LogP contribution in [0.1, 0.15) is 26.2 Å². The highest BCUT2D eigenvalue weighted by molar-refractivity contribution is 6.01. The Balaban J connectivity index is 2.36. The van der Waals surface area contributed by atoms with Crippen LogP contribution in [0.15, 0.2) is 0 Å². The minimum atomic E-state index is -0.818. The predicted octanol–water partition coefficient (Wildman–Crippen LogP) is -0.438. The summed E-state index contributed by atoms with van der Waals surface area (Å²) in [7, 11) is 1.34. The first-order chi connectivity index (χ1) is 8.93. The Kier molecular flexibility index (Phi) is 5.43. The lowest BCUT2D eigenvalue weighted by Gasteiger charge is -2.15. The third-order valence-corrected chi connectivity index (χ3v) is 2.25. The number of hydroxylamine groups is 2. The second kappa shape index (κ2) is 6.83. The average Bonchev–Trinajstić information content (AvgIpc) is 2.60. The molecule has 1 aliphatic heterocycles. The summed E-state index contributed by atoms with van der Waals surface area (Å²) in [4.78, 5) is 49.5. The molecule has 8 nitrogen and oxygen atoms in total. The van der Waals surface area contributed by atoms with E-state index in [1.54, 1.807) is 0 Å². The van der Waals surface area contributed by atoms with Crippen LogP contribution in [0.4, 0.5) is 0 Å². The van der Waals surface area contributed by atoms with E-state index in [4.69, 9.17) is 4.74 Å². The molecular weight excluding hydrogens is 258 g/mol. The molecule has 0 aromatic rings. The fraction of sp³-hybridized carbons (Fsp3) is 0.636. The van der Waals surface area contributed by atoms with Gasteiger partial charge in [-0.15, -0.1) is 5.06 Å². The van der Waals surface area contributed by atoms with Crippen LogP contribution in [-0.2, 0) is 33.5 Å². The Morgan fingerprint density at radius 3 is 2.32 bits per heavy atom. The summed E-state index contributed by atoms with van der Waals surface area (Å²) in [6, 6.07) is 0. The van der Waals surface area contributed by atoms with Crippen LogP contribution in [0.25, 0.3) is 0 Å². The van der Waals surface area contributed by atoms with Gasteiger partial charge in [-0.05, 0) is 6.92 Å². The van der Waals surface area contributed by atoms with Crippen LogP contribution in [0.5, 0.6) is 0 Å². The maximum absolute atomic E-state index is 11.4. The molecule has 0 aromatic carbocycles. The van der Waals surface area contributed by atoms with E-state index >= 15 is 0 Å². The van der Waals surface area contributed by atoms with E-state index in [1.165, 1.54) is 14.0 Å². The van der Waals surface area contributed by atoms with Crippen LogP contribution >= 0.6 is 0 Å². The van der Waals surface area contributed by atoms with E-state index < -0.39 is 29.9 Å². The molecular formula is C11H15NO7. The first-order valence-corrected chi connectivity index (χ1v) is 5.69. The molecule has 106 valence electrons. The quantitative estimate of drug-likeness (QED) is 0.478. The fourth-order valence-electron chi connectivity index (χ4n) is 1.45. The van der Waals surface area contributed by atoms with Gasteiger partial charge in [0.15, 0.2) is 0 Å². The third-order valence-electron chi connectivity index (χ3n) is 2.25. The molecule has 1 saturated heterocycles. The standard InChI is InChI=1S/C11H15NO7/c1-7(18-11(16)6-17-2)5-10(15)19-12-8(13)3-4-9(12)14/h7H,3-6H2,1-2H3. The van der Waals surface area contributed by atoms with Crippen LogP contribution < -0.4 is 0 Å². The zero-order valence-electron chi connectivity index (χ0n) is 10.7. The van der Waals surface area contributed by atoms with Gasteiger partial charge in [0.2, 0.25) is 0 Å². The molecule has 1 fully saturated rings. The van der Waals surface area contributed by atoms with E-state index in [1.807, 2.05) is 0 Å². The smallest absolute Gasteiger partial charge is 0.336 e. The third kappa shape index (κ3) is 4.66.